The number of amides is 1. The highest BCUT2D eigenvalue weighted by molar-refractivity contribution is 5.98. The van der Waals surface area contributed by atoms with Gasteiger partial charge in [0.25, 0.3) is 5.91 Å². The van der Waals surface area contributed by atoms with Crippen LogP contribution in [0.4, 0.5) is 0 Å². The molecule has 0 bridgehead atoms. The Bertz CT molecular complexity index is 571. The fourth-order valence-electron chi connectivity index (χ4n) is 2.27. The maximum atomic E-state index is 11.5. The predicted molar refractivity (Wildman–Crippen MR) is 60.7 cm³/mol. The number of fused-ring (bicyclic) bond motifs is 3. The van der Waals surface area contributed by atoms with E-state index in [1.807, 2.05) is 12.1 Å². The van der Waals surface area contributed by atoms with Gasteiger partial charge in [-0.1, -0.05) is 24.3 Å². The first-order valence-corrected chi connectivity index (χ1v) is 5.10. The molecule has 1 amide bonds. The van der Waals surface area contributed by atoms with E-state index in [1.54, 1.807) is 6.20 Å². The lowest BCUT2D eigenvalue weighted by Crippen LogP contribution is -2.30. The third-order valence-corrected chi connectivity index (χ3v) is 3.02. The summed E-state index contributed by atoms with van der Waals surface area (Å²) in [6.45, 7) is 0. The molecule has 80 valence electrons. The minimum Gasteiger partial charge on any atom is -0.360 e. The van der Waals surface area contributed by atoms with E-state index < -0.39 is 0 Å². The van der Waals surface area contributed by atoms with Crippen LogP contribution in [0.5, 0.6) is 0 Å². The van der Waals surface area contributed by atoms with Crippen LogP contribution in [0.1, 0.15) is 21.5 Å². The van der Waals surface area contributed by atoms with Crippen molar-refractivity contribution in [2.24, 2.45) is 5.84 Å². The number of hydrazine groups is 1. The molecule has 4 nitrogen and oxygen atoms in total. The Morgan fingerprint density at radius 1 is 1.38 bits per heavy atom. The van der Waals surface area contributed by atoms with Gasteiger partial charge in [-0.05, 0) is 11.1 Å². The van der Waals surface area contributed by atoms with Crippen molar-refractivity contribution in [2.45, 2.75) is 6.42 Å². The Hall–Kier alpha value is -2.07. The quantitative estimate of drug-likeness (QED) is 0.323. The summed E-state index contributed by atoms with van der Waals surface area (Å²) in [6.07, 6.45) is 2.50. The van der Waals surface area contributed by atoms with Gasteiger partial charge < -0.3 is 4.98 Å². The molecule has 0 saturated heterocycles. The summed E-state index contributed by atoms with van der Waals surface area (Å²) in [5.74, 6) is 4.90. The Balaban J connectivity index is 2.15. The highest BCUT2D eigenvalue weighted by Gasteiger charge is 2.24. The number of hydrogen-bond acceptors (Lipinski definition) is 2. The molecular formula is C12H11N3O. The van der Waals surface area contributed by atoms with Gasteiger partial charge in [-0.15, -0.1) is 0 Å². The second kappa shape index (κ2) is 3.21. The van der Waals surface area contributed by atoms with E-state index in [9.17, 15) is 4.79 Å². The number of rotatable bonds is 1. The van der Waals surface area contributed by atoms with Crippen LogP contribution >= 0.6 is 0 Å². The van der Waals surface area contributed by atoms with Gasteiger partial charge in [0.2, 0.25) is 0 Å². The first-order chi connectivity index (χ1) is 7.81. The minimum atomic E-state index is -0.245. The fraction of sp³-hybridized carbons (Fsp3) is 0.0833. The van der Waals surface area contributed by atoms with Gasteiger partial charge in [0, 0.05) is 18.2 Å². The van der Waals surface area contributed by atoms with E-state index in [2.05, 4.69) is 22.5 Å². The van der Waals surface area contributed by atoms with E-state index in [0.29, 0.717) is 5.56 Å². The van der Waals surface area contributed by atoms with E-state index in [1.165, 1.54) is 11.1 Å². The van der Waals surface area contributed by atoms with Gasteiger partial charge in [0.15, 0.2) is 0 Å². The summed E-state index contributed by atoms with van der Waals surface area (Å²) in [6, 6.07) is 8.14. The van der Waals surface area contributed by atoms with Crippen LogP contribution in [0.15, 0.2) is 30.5 Å². The van der Waals surface area contributed by atoms with E-state index in [0.717, 1.165) is 17.7 Å². The van der Waals surface area contributed by atoms with Crippen molar-refractivity contribution >= 4 is 5.91 Å². The topological polar surface area (TPSA) is 70.9 Å². The van der Waals surface area contributed by atoms with Crippen molar-refractivity contribution in [1.29, 1.82) is 0 Å². The van der Waals surface area contributed by atoms with Crippen molar-refractivity contribution in [2.75, 3.05) is 0 Å². The SMILES string of the molecule is NNC(=O)c1c[nH]c2c1Cc1ccccc1-2. The molecule has 1 aliphatic rings. The molecular weight excluding hydrogens is 202 g/mol. The highest BCUT2D eigenvalue weighted by atomic mass is 16.2. The second-order valence-electron chi connectivity index (χ2n) is 3.86. The largest absolute Gasteiger partial charge is 0.360 e. The monoisotopic (exact) mass is 213 g/mol. The predicted octanol–water partition coefficient (Wildman–Crippen LogP) is 1.19. The summed E-state index contributed by atoms with van der Waals surface area (Å²) in [5, 5.41) is 0. The maximum Gasteiger partial charge on any atom is 0.267 e. The van der Waals surface area contributed by atoms with Crippen molar-refractivity contribution in [3.63, 3.8) is 0 Å². The molecule has 1 aromatic carbocycles. The van der Waals surface area contributed by atoms with Crippen LogP contribution in [0.2, 0.25) is 0 Å². The molecule has 0 radical (unpaired) electrons. The molecule has 0 saturated carbocycles. The molecule has 0 spiro atoms. The first-order valence-electron chi connectivity index (χ1n) is 5.10. The molecule has 0 unspecified atom stereocenters. The number of H-pyrrole nitrogens is 1. The lowest BCUT2D eigenvalue weighted by molar-refractivity contribution is 0.0953. The Morgan fingerprint density at radius 3 is 3.00 bits per heavy atom. The number of nitrogen functional groups attached to an aromatic ring is 1. The van der Waals surface area contributed by atoms with E-state index in [-0.39, 0.29) is 5.91 Å². The number of nitrogens with two attached hydrogens (primary N) is 1. The molecule has 1 heterocycles. The molecule has 16 heavy (non-hydrogen) atoms. The van der Waals surface area contributed by atoms with Gasteiger partial charge in [-0.2, -0.15) is 0 Å². The smallest absolute Gasteiger partial charge is 0.267 e. The van der Waals surface area contributed by atoms with E-state index in [4.69, 9.17) is 5.84 Å². The fourth-order valence-corrected chi connectivity index (χ4v) is 2.27. The highest BCUT2D eigenvalue weighted by Crippen LogP contribution is 2.37. The number of benzene rings is 1. The zero-order valence-corrected chi connectivity index (χ0v) is 8.58. The van der Waals surface area contributed by atoms with Crippen molar-refractivity contribution in [3.05, 3.63) is 47.2 Å². The summed E-state index contributed by atoms with van der Waals surface area (Å²) < 4.78 is 0. The number of nitrogens with one attached hydrogen (secondary N) is 2. The summed E-state index contributed by atoms with van der Waals surface area (Å²) >= 11 is 0. The minimum absolute atomic E-state index is 0.245. The molecule has 0 fully saturated rings. The van der Waals surface area contributed by atoms with Crippen LogP contribution in [-0.2, 0) is 6.42 Å². The van der Waals surface area contributed by atoms with Gasteiger partial charge >= 0.3 is 0 Å². The van der Waals surface area contributed by atoms with Crippen LogP contribution in [0.3, 0.4) is 0 Å². The number of aromatic amines is 1. The van der Waals surface area contributed by atoms with Gasteiger partial charge in [-0.3, -0.25) is 10.2 Å². The second-order valence-corrected chi connectivity index (χ2v) is 3.86. The molecule has 3 rings (SSSR count). The molecule has 2 aromatic rings. The van der Waals surface area contributed by atoms with Crippen molar-refractivity contribution in [1.82, 2.24) is 10.4 Å². The zero-order valence-electron chi connectivity index (χ0n) is 8.58. The number of hydrogen-bond donors (Lipinski definition) is 3. The Morgan fingerprint density at radius 2 is 2.19 bits per heavy atom. The molecule has 4 N–H and O–H groups in total. The van der Waals surface area contributed by atoms with Gasteiger partial charge in [0.1, 0.15) is 0 Å². The third kappa shape index (κ3) is 1.10. The zero-order chi connectivity index (χ0) is 11.1. The lowest BCUT2D eigenvalue weighted by atomic mass is 10.1. The Labute approximate surface area is 92.4 Å². The van der Waals surface area contributed by atoms with Crippen LogP contribution in [-0.4, -0.2) is 10.9 Å². The Kier molecular flexibility index (Phi) is 1.84. The third-order valence-electron chi connectivity index (χ3n) is 3.02. The number of carbonyl (C=O) groups is 1. The maximum absolute atomic E-state index is 11.5. The van der Waals surface area contributed by atoms with Crippen LogP contribution in [0, 0.1) is 0 Å². The van der Waals surface area contributed by atoms with Crippen LogP contribution < -0.4 is 11.3 Å². The molecule has 0 atom stereocenters. The normalized spacial score (nSPS) is 12.1. The first kappa shape index (κ1) is 9.18. The summed E-state index contributed by atoms with van der Waals surface area (Å²) in [4.78, 5) is 14.7. The molecule has 4 heteroatoms. The molecule has 1 aliphatic carbocycles. The summed E-state index contributed by atoms with van der Waals surface area (Å²) in [7, 11) is 0. The molecule has 1 aromatic heterocycles. The number of aromatic nitrogens is 1. The van der Waals surface area contributed by atoms with Crippen molar-refractivity contribution in [3.8, 4) is 11.3 Å². The lowest BCUT2D eigenvalue weighted by Gasteiger charge is -1.98. The average molecular weight is 213 g/mol. The molecule has 0 aliphatic heterocycles. The number of carbonyl (C=O) groups excluding carboxylic acids is 1. The van der Waals surface area contributed by atoms with E-state index >= 15 is 0 Å². The standard InChI is InChI=1S/C12H11N3O/c13-15-12(16)10-6-14-11-8-4-2-1-3-7(8)5-9(10)11/h1-4,6,14H,5,13H2,(H,15,16). The van der Waals surface area contributed by atoms with Gasteiger partial charge in [-0.25, -0.2) is 5.84 Å². The summed E-state index contributed by atoms with van der Waals surface area (Å²) in [5.41, 5.74) is 7.29. The van der Waals surface area contributed by atoms with Gasteiger partial charge in [0.05, 0.1) is 11.3 Å². The average Bonchev–Trinajstić information content (AvgIpc) is 2.86. The van der Waals surface area contributed by atoms with Crippen LogP contribution in [0.25, 0.3) is 11.3 Å². The van der Waals surface area contributed by atoms with Crippen molar-refractivity contribution < 1.29 is 4.79 Å².